The van der Waals surface area contributed by atoms with Crippen LogP contribution in [0.15, 0.2) is 12.2 Å². The first-order chi connectivity index (χ1) is 10.7. The SMILES string of the molecule is C#CCO[C@@H](/C=C/C(OC(C)=O)OC(C)=O)[C@H]1COC(C)(C)O1. The number of carbonyl (C=O) groups excluding carboxylic acids is 2. The Hall–Kier alpha value is -1.88. The summed E-state index contributed by atoms with van der Waals surface area (Å²) in [6.07, 6.45) is 6.11. The minimum Gasteiger partial charge on any atom is -0.421 e. The molecular weight excluding hydrogens is 304 g/mol. The van der Waals surface area contributed by atoms with Crippen LogP contribution >= 0.6 is 0 Å². The van der Waals surface area contributed by atoms with Crippen LogP contribution in [-0.2, 0) is 33.3 Å². The van der Waals surface area contributed by atoms with E-state index >= 15 is 0 Å². The molecule has 2 atom stereocenters. The molecule has 0 N–H and O–H groups in total. The van der Waals surface area contributed by atoms with Gasteiger partial charge in [-0.25, -0.2) is 0 Å². The minimum absolute atomic E-state index is 0.0705. The molecule has 0 amide bonds. The monoisotopic (exact) mass is 326 g/mol. The van der Waals surface area contributed by atoms with Crippen molar-refractivity contribution in [1.82, 2.24) is 0 Å². The molecule has 0 bridgehead atoms. The van der Waals surface area contributed by atoms with E-state index in [1.807, 2.05) is 0 Å². The number of esters is 2. The van der Waals surface area contributed by atoms with Gasteiger partial charge in [0.15, 0.2) is 5.79 Å². The summed E-state index contributed by atoms with van der Waals surface area (Å²) in [6, 6.07) is 0. The van der Waals surface area contributed by atoms with E-state index in [0.29, 0.717) is 6.61 Å². The van der Waals surface area contributed by atoms with Crippen LogP contribution in [0.1, 0.15) is 27.7 Å². The van der Waals surface area contributed by atoms with Crippen molar-refractivity contribution < 1.29 is 33.3 Å². The average Bonchev–Trinajstić information content (AvgIpc) is 2.77. The molecule has 0 aromatic rings. The highest BCUT2D eigenvalue weighted by atomic mass is 16.7. The van der Waals surface area contributed by atoms with Gasteiger partial charge in [-0.3, -0.25) is 9.59 Å². The lowest BCUT2D eigenvalue weighted by Crippen LogP contribution is -2.32. The normalized spacial score (nSPS) is 21.1. The zero-order valence-corrected chi connectivity index (χ0v) is 13.7. The Morgan fingerprint density at radius 2 is 1.91 bits per heavy atom. The lowest BCUT2D eigenvalue weighted by atomic mass is 10.2. The Labute approximate surface area is 135 Å². The highest BCUT2D eigenvalue weighted by Crippen LogP contribution is 2.26. The van der Waals surface area contributed by atoms with Crippen molar-refractivity contribution in [2.24, 2.45) is 0 Å². The van der Waals surface area contributed by atoms with Crippen molar-refractivity contribution in [3.8, 4) is 12.3 Å². The summed E-state index contributed by atoms with van der Waals surface area (Å²) in [5.41, 5.74) is 0. The van der Waals surface area contributed by atoms with Crippen molar-refractivity contribution in [2.45, 2.75) is 52.0 Å². The van der Waals surface area contributed by atoms with Gasteiger partial charge in [-0.05, 0) is 26.0 Å². The Morgan fingerprint density at radius 3 is 2.35 bits per heavy atom. The molecule has 7 heteroatoms. The molecule has 1 heterocycles. The second-order valence-electron chi connectivity index (χ2n) is 5.32. The molecule has 0 aliphatic carbocycles. The van der Waals surface area contributed by atoms with E-state index in [9.17, 15) is 9.59 Å². The number of terminal acetylenes is 1. The third-order valence-corrected chi connectivity index (χ3v) is 2.78. The third kappa shape index (κ3) is 7.28. The molecule has 1 aliphatic heterocycles. The quantitative estimate of drug-likeness (QED) is 0.301. The molecule has 0 unspecified atom stereocenters. The Bertz CT molecular complexity index is 473. The predicted molar refractivity (Wildman–Crippen MR) is 79.9 cm³/mol. The van der Waals surface area contributed by atoms with Crippen LogP contribution < -0.4 is 0 Å². The number of hydrogen-bond donors (Lipinski definition) is 0. The summed E-state index contributed by atoms with van der Waals surface area (Å²) < 4.78 is 26.5. The number of hydrogen-bond acceptors (Lipinski definition) is 7. The van der Waals surface area contributed by atoms with Crippen molar-refractivity contribution in [2.75, 3.05) is 13.2 Å². The number of carbonyl (C=O) groups is 2. The maximum atomic E-state index is 11.0. The van der Waals surface area contributed by atoms with Crippen LogP contribution in [0, 0.1) is 12.3 Å². The summed E-state index contributed by atoms with van der Waals surface area (Å²) in [5.74, 6) is 0.490. The standard InChI is InChI=1S/C16H22O7/c1-6-9-19-13(14-10-20-16(4,5)23-14)7-8-15(21-11(2)17)22-12(3)18/h1,7-8,13-15H,9-10H2,2-5H3/b8-7+/t13-,14+/m0/s1. The predicted octanol–water partition coefficient (Wildman–Crippen LogP) is 1.16. The molecule has 0 radical (unpaired) electrons. The van der Waals surface area contributed by atoms with Gasteiger partial charge in [0.1, 0.15) is 18.8 Å². The molecule has 0 spiro atoms. The average molecular weight is 326 g/mol. The first kappa shape index (κ1) is 19.2. The minimum atomic E-state index is -1.14. The molecule has 0 aromatic heterocycles. The van der Waals surface area contributed by atoms with Gasteiger partial charge in [0.05, 0.1) is 6.61 Å². The van der Waals surface area contributed by atoms with E-state index in [0.717, 1.165) is 0 Å². The number of rotatable bonds is 7. The van der Waals surface area contributed by atoms with Crippen molar-refractivity contribution in [3.05, 3.63) is 12.2 Å². The van der Waals surface area contributed by atoms with Crippen LogP contribution in [0.2, 0.25) is 0 Å². The van der Waals surface area contributed by atoms with E-state index in [1.165, 1.54) is 19.9 Å². The summed E-state index contributed by atoms with van der Waals surface area (Å²) in [4.78, 5) is 22.1. The second-order valence-corrected chi connectivity index (χ2v) is 5.32. The van der Waals surface area contributed by atoms with Crippen molar-refractivity contribution in [1.29, 1.82) is 0 Å². The zero-order valence-electron chi connectivity index (χ0n) is 13.7. The van der Waals surface area contributed by atoms with Crippen molar-refractivity contribution >= 4 is 11.9 Å². The van der Waals surface area contributed by atoms with Crippen LogP contribution in [-0.4, -0.2) is 49.4 Å². The maximum Gasteiger partial charge on any atom is 0.305 e. The van der Waals surface area contributed by atoms with Gasteiger partial charge in [-0.1, -0.05) is 5.92 Å². The van der Waals surface area contributed by atoms with Crippen LogP contribution in [0.5, 0.6) is 0 Å². The molecule has 1 fully saturated rings. The molecule has 0 saturated carbocycles. The number of ether oxygens (including phenoxy) is 5. The van der Waals surface area contributed by atoms with Crippen LogP contribution in [0.4, 0.5) is 0 Å². The van der Waals surface area contributed by atoms with Gasteiger partial charge in [0.2, 0.25) is 0 Å². The fraction of sp³-hybridized carbons (Fsp3) is 0.625. The second kappa shape index (κ2) is 8.67. The fourth-order valence-corrected chi connectivity index (χ4v) is 1.94. The molecule has 128 valence electrons. The molecule has 7 nitrogen and oxygen atoms in total. The van der Waals surface area contributed by atoms with Crippen LogP contribution in [0.25, 0.3) is 0 Å². The fourth-order valence-electron chi connectivity index (χ4n) is 1.94. The lowest BCUT2D eigenvalue weighted by Gasteiger charge is -2.22. The molecule has 0 aromatic carbocycles. The summed E-state index contributed by atoms with van der Waals surface area (Å²) in [6.45, 7) is 6.39. The van der Waals surface area contributed by atoms with E-state index in [-0.39, 0.29) is 12.7 Å². The molecule has 23 heavy (non-hydrogen) atoms. The topological polar surface area (TPSA) is 80.3 Å². The van der Waals surface area contributed by atoms with E-state index < -0.39 is 30.1 Å². The van der Waals surface area contributed by atoms with Gasteiger partial charge < -0.3 is 23.7 Å². The molecule has 1 saturated heterocycles. The van der Waals surface area contributed by atoms with Gasteiger partial charge in [0, 0.05) is 13.8 Å². The lowest BCUT2D eigenvalue weighted by molar-refractivity contribution is -0.176. The summed E-state index contributed by atoms with van der Waals surface area (Å²) >= 11 is 0. The van der Waals surface area contributed by atoms with Crippen LogP contribution in [0.3, 0.4) is 0 Å². The first-order valence-corrected chi connectivity index (χ1v) is 7.13. The van der Waals surface area contributed by atoms with Gasteiger partial charge in [0.25, 0.3) is 6.29 Å². The highest BCUT2D eigenvalue weighted by Gasteiger charge is 2.37. The third-order valence-electron chi connectivity index (χ3n) is 2.78. The highest BCUT2D eigenvalue weighted by molar-refractivity contribution is 5.68. The smallest absolute Gasteiger partial charge is 0.305 e. The largest absolute Gasteiger partial charge is 0.421 e. The van der Waals surface area contributed by atoms with E-state index in [2.05, 4.69) is 5.92 Å². The molecule has 1 rings (SSSR count). The zero-order chi connectivity index (χ0) is 17.5. The Kier molecular flexibility index (Phi) is 7.23. The van der Waals surface area contributed by atoms with Crippen molar-refractivity contribution in [3.63, 3.8) is 0 Å². The summed E-state index contributed by atoms with van der Waals surface area (Å²) in [5, 5.41) is 0. The Morgan fingerprint density at radius 1 is 1.30 bits per heavy atom. The van der Waals surface area contributed by atoms with E-state index in [1.54, 1.807) is 19.9 Å². The maximum absolute atomic E-state index is 11.0. The van der Waals surface area contributed by atoms with E-state index in [4.69, 9.17) is 30.1 Å². The van der Waals surface area contributed by atoms with Gasteiger partial charge in [-0.2, -0.15) is 0 Å². The summed E-state index contributed by atoms with van der Waals surface area (Å²) in [7, 11) is 0. The van der Waals surface area contributed by atoms with Gasteiger partial charge >= 0.3 is 11.9 Å². The Balaban J connectivity index is 2.78. The van der Waals surface area contributed by atoms with Gasteiger partial charge in [-0.15, -0.1) is 6.42 Å². The first-order valence-electron chi connectivity index (χ1n) is 7.13. The molecular formula is C16H22O7. The molecule has 1 aliphatic rings.